The summed E-state index contributed by atoms with van der Waals surface area (Å²) in [7, 11) is 0. The minimum absolute atomic E-state index is 0.212. The largest absolute Gasteiger partial charge is 0.396 e. The van der Waals surface area contributed by atoms with Gasteiger partial charge in [0.05, 0.1) is 0 Å². The molecular formula is C16H25FN2O. The number of aliphatic hydroxyl groups is 1. The Labute approximate surface area is 120 Å². The Balaban J connectivity index is 2.05. The Bertz CT molecular complexity index is 440. The lowest BCUT2D eigenvalue weighted by Gasteiger charge is -2.35. The first-order valence-electron chi connectivity index (χ1n) is 7.39. The van der Waals surface area contributed by atoms with Gasteiger partial charge in [-0.3, -0.25) is 0 Å². The van der Waals surface area contributed by atoms with E-state index in [0.29, 0.717) is 24.9 Å². The van der Waals surface area contributed by atoms with Crippen LogP contribution in [0.3, 0.4) is 0 Å². The van der Waals surface area contributed by atoms with Gasteiger partial charge >= 0.3 is 0 Å². The zero-order valence-electron chi connectivity index (χ0n) is 12.1. The fourth-order valence-corrected chi connectivity index (χ4v) is 3.17. The molecule has 0 spiro atoms. The first kappa shape index (κ1) is 15.4. The highest BCUT2D eigenvalue weighted by Gasteiger charge is 2.33. The van der Waals surface area contributed by atoms with E-state index in [0.717, 1.165) is 24.8 Å². The molecule has 0 saturated heterocycles. The van der Waals surface area contributed by atoms with Crippen LogP contribution in [0.1, 0.15) is 31.7 Å². The van der Waals surface area contributed by atoms with E-state index < -0.39 is 0 Å². The maximum atomic E-state index is 13.3. The Morgan fingerprint density at radius 1 is 1.45 bits per heavy atom. The molecule has 1 aromatic carbocycles. The van der Waals surface area contributed by atoms with Crippen molar-refractivity contribution in [2.45, 2.75) is 44.2 Å². The van der Waals surface area contributed by atoms with Gasteiger partial charge in [0, 0.05) is 24.7 Å². The van der Waals surface area contributed by atoms with Crippen LogP contribution in [-0.2, 0) is 6.42 Å². The van der Waals surface area contributed by atoms with Gasteiger partial charge in [-0.15, -0.1) is 0 Å². The summed E-state index contributed by atoms with van der Waals surface area (Å²) in [5.74, 6) is 0.101. The van der Waals surface area contributed by atoms with Crippen LogP contribution in [-0.4, -0.2) is 29.8 Å². The third-order valence-corrected chi connectivity index (χ3v) is 4.36. The molecule has 0 heterocycles. The molecule has 1 aliphatic rings. The van der Waals surface area contributed by atoms with Crippen LogP contribution in [0.2, 0.25) is 0 Å². The van der Waals surface area contributed by atoms with Gasteiger partial charge in [-0.1, -0.05) is 18.6 Å². The molecule has 1 aliphatic carbocycles. The van der Waals surface area contributed by atoms with Crippen LogP contribution in [0.5, 0.6) is 0 Å². The fraction of sp³-hybridized carbons (Fsp3) is 0.625. The molecular weight excluding hydrogens is 255 g/mol. The summed E-state index contributed by atoms with van der Waals surface area (Å²) in [6.45, 7) is 2.78. The van der Waals surface area contributed by atoms with Crippen LogP contribution in [0.4, 0.5) is 4.39 Å². The second-order valence-electron chi connectivity index (χ2n) is 6.20. The standard InChI is InChI=1S/C16H25FN2O/c1-16(11-18,9-12-4-2-6-14(17)8-12)19-15-7-3-5-13(15)10-20/h2,4,6,8,13,15,19-20H,3,5,7,9-11,18H2,1H3. The van der Waals surface area contributed by atoms with E-state index >= 15 is 0 Å². The van der Waals surface area contributed by atoms with Gasteiger partial charge in [0.15, 0.2) is 0 Å². The summed E-state index contributed by atoms with van der Waals surface area (Å²) in [5, 5.41) is 13.0. The average molecular weight is 280 g/mol. The Hall–Kier alpha value is -0.970. The lowest BCUT2D eigenvalue weighted by molar-refractivity contribution is 0.184. The van der Waals surface area contributed by atoms with E-state index in [2.05, 4.69) is 12.2 Å². The molecule has 20 heavy (non-hydrogen) atoms. The maximum Gasteiger partial charge on any atom is 0.123 e. The predicted octanol–water partition coefficient (Wildman–Crippen LogP) is 1.84. The van der Waals surface area contributed by atoms with Crippen molar-refractivity contribution < 1.29 is 9.50 Å². The first-order valence-corrected chi connectivity index (χ1v) is 7.39. The second-order valence-corrected chi connectivity index (χ2v) is 6.20. The number of nitrogens with two attached hydrogens (primary N) is 1. The first-order chi connectivity index (χ1) is 9.56. The normalized spacial score (nSPS) is 25.6. The number of halogens is 1. The number of aliphatic hydroxyl groups excluding tert-OH is 1. The van der Waals surface area contributed by atoms with Crippen LogP contribution in [0, 0.1) is 11.7 Å². The molecule has 3 nitrogen and oxygen atoms in total. The summed E-state index contributed by atoms with van der Waals surface area (Å²) in [6, 6.07) is 6.98. The molecule has 0 aromatic heterocycles. The van der Waals surface area contributed by atoms with Crippen molar-refractivity contribution in [3.8, 4) is 0 Å². The van der Waals surface area contributed by atoms with Gasteiger partial charge in [0.25, 0.3) is 0 Å². The molecule has 3 atom stereocenters. The SMILES string of the molecule is CC(CN)(Cc1cccc(F)c1)NC1CCCC1CO. The summed E-state index contributed by atoms with van der Waals surface area (Å²) in [4.78, 5) is 0. The van der Waals surface area contributed by atoms with Crippen molar-refractivity contribution in [1.82, 2.24) is 5.32 Å². The minimum atomic E-state index is -0.268. The predicted molar refractivity (Wildman–Crippen MR) is 78.9 cm³/mol. The summed E-state index contributed by atoms with van der Waals surface area (Å²) in [5.41, 5.74) is 6.62. The van der Waals surface area contributed by atoms with E-state index in [4.69, 9.17) is 5.73 Å². The van der Waals surface area contributed by atoms with Crippen molar-refractivity contribution in [2.24, 2.45) is 11.7 Å². The fourth-order valence-electron chi connectivity index (χ4n) is 3.17. The molecule has 1 fully saturated rings. The van der Waals surface area contributed by atoms with Crippen molar-refractivity contribution >= 4 is 0 Å². The molecule has 0 amide bonds. The molecule has 1 saturated carbocycles. The molecule has 0 aliphatic heterocycles. The highest BCUT2D eigenvalue weighted by Crippen LogP contribution is 2.27. The molecule has 2 rings (SSSR count). The van der Waals surface area contributed by atoms with E-state index in [-0.39, 0.29) is 18.0 Å². The summed E-state index contributed by atoms with van der Waals surface area (Å²) >= 11 is 0. The number of rotatable bonds is 6. The van der Waals surface area contributed by atoms with Crippen molar-refractivity contribution in [3.63, 3.8) is 0 Å². The highest BCUT2D eigenvalue weighted by molar-refractivity contribution is 5.19. The van der Waals surface area contributed by atoms with Crippen LogP contribution >= 0.6 is 0 Å². The third kappa shape index (κ3) is 3.78. The van der Waals surface area contributed by atoms with E-state index in [1.165, 1.54) is 6.07 Å². The van der Waals surface area contributed by atoms with E-state index in [1.54, 1.807) is 12.1 Å². The molecule has 0 radical (unpaired) electrons. The van der Waals surface area contributed by atoms with Crippen LogP contribution < -0.4 is 11.1 Å². The van der Waals surface area contributed by atoms with E-state index in [1.807, 2.05) is 6.07 Å². The van der Waals surface area contributed by atoms with Gasteiger partial charge in [0.1, 0.15) is 5.82 Å². The molecule has 0 bridgehead atoms. The highest BCUT2D eigenvalue weighted by atomic mass is 19.1. The smallest absolute Gasteiger partial charge is 0.123 e. The van der Waals surface area contributed by atoms with Gasteiger partial charge in [0.2, 0.25) is 0 Å². The van der Waals surface area contributed by atoms with Crippen molar-refractivity contribution in [3.05, 3.63) is 35.6 Å². The van der Waals surface area contributed by atoms with Gasteiger partial charge in [-0.2, -0.15) is 0 Å². The zero-order valence-corrected chi connectivity index (χ0v) is 12.1. The summed E-state index contributed by atoms with van der Waals surface area (Å²) < 4.78 is 13.3. The third-order valence-electron chi connectivity index (χ3n) is 4.36. The van der Waals surface area contributed by atoms with E-state index in [9.17, 15) is 9.50 Å². The molecule has 112 valence electrons. The monoisotopic (exact) mass is 280 g/mol. The number of benzene rings is 1. The van der Waals surface area contributed by atoms with Crippen molar-refractivity contribution in [1.29, 1.82) is 0 Å². The topological polar surface area (TPSA) is 58.3 Å². The lowest BCUT2D eigenvalue weighted by Crippen LogP contribution is -2.55. The second kappa shape index (κ2) is 6.66. The van der Waals surface area contributed by atoms with Crippen molar-refractivity contribution in [2.75, 3.05) is 13.2 Å². The number of hydrogen-bond acceptors (Lipinski definition) is 3. The summed E-state index contributed by atoms with van der Waals surface area (Å²) in [6.07, 6.45) is 3.97. The van der Waals surface area contributed by atoms with Gasteiger partial charge in [-0.25, -0.2) is 4.39 Å². The minimum Gasteiger partial charge on any atom is -0.396 e. The van der Waals surface area contributed by atoms with Gasteiger partial charge < -0.3 is 16.2 Å². The van der Waals surface area contributed by atoms with Crippen LogP contribution in [0.15, 0.2) is 24.3 Å². The van der Waals surface area contributed by atoms with Crippen LogP contribution in [0.25, 0.3) is 0 Å². The lowest BCUT2D eigenvalue weighted by atomic mass is 9.90. The maximum absolute atomic E-state index is 13.3. The molecule has 3 unspecified atom stereocenters. The quantitative estimate of drug-likeness (QED) is 0.745. The molecule has 4 heteroatoms. The Kier molecular flexibility index (Phi) is 5.13. The Morgan fingerprint density at radius 2 is 2.25 bits per heavy atom. The number of hydrogen-bond donors (Lipinski definition) is 3. The molecule has 1 aromatic rings. The molecule has 4 N–H and O–H groups in total. The Morgan fingerprint density at radius 3 is 2.90 bits per heavy atom. The zero-order chi connectivity index (χ0) is 14.6. The average Bonchev–Trinajstić information content (AvgIpc) is 2.85. The number of nitrogens with one attached hydrogen (secondary N) is 1. The van der Waals surface area contributed by atoms with Gasteiger partial charge in [-0.05, 0) is 49.8 Å².